The summed E-state index contributed by atoms with van der Waals surface area (Å²) in [6, 6.07) is 4.60. The quantitative estimate of drug-likeness (QED) is 0.855. The zero-order valence-electron chi connectivity index (χ0n) is 14.1. The molecule has 3 rings (SSSR count). The van der Waals surface area contributed by atoms with Gasteiger partial charge in [0.15, 0.2) is 0 Å². The van der Waals surface area contributed by atoms with Gasteiger partial charge in [-0.3, -0.25) is 9.59 Å². The molecule has 26 heavy (non-hydrogen) atoms. The summed E-state index contributed by atoms with van der Waals surface area (Å²) in [6.45, 7) is 0.230. The number of carbonyl (C=O) groups excluding carboxylic acids is 1. The molecule has 1 unspecified atom stereocenters. The molecular formula is C18H21F3N2O3. The van der Waals surface area contributed by atoms with Gasteiger partial charge in [-0.15, -0.1) is 0 Å². The summed E-state index contributed by atoms with van der Waals surface area (Å²) in [7, 11) is 0. The van der Waals surface area contributed by atoms with E-state index in [2.05, 4.69) is 5.32 Å². The van der Waals surface area contributed by atoms with Crippen molar-refractivity contribution in [2.75, 3.05) is 11.4 Å². The van der Waals surface area contributed by atoms with Crippen molar-refractivity contribution in [2.45, 2.75) is 50.4 Å². The fourth-order valence-corrected chi connectivity index (χ4v) is 3.81. The van der Waals surface area contributed by atoms with Crippen LogP contribution in [-0.4, -0.2) is 35.6 Å². The number of alkyl halides is 3. The van der Waals surface area contributed by atoms with Crippen molar-refractivity contribution in [1.82, 2.24) is 5.32 Å². The van der Waals surface area contributed by atoms with E-state index < -0.39 is 23.8 Å². The van der Waals surface area contributed by atoms with Crippen molar-refractivity contribution in [3.8, 4) is 0 Å². The molecule has 0 bridgehead atoms. The number of benzene rings is 1. The molecule has 1 saturated carbocycles. The number of rotatable bonds is 4. The Bertz CT molecular complexity index is 685. The number of carbonyl (C=O) groups is 2. The van der Waals surface area contributed by atoms with Gasteiger partial charge in [-0.05, 0) is 44.2 Å². The van der Waals surface area contributed by atoms with Gasteiger partial charge < -0.3 is 15.3 Å². The molecular weight excluding hydrogens is 349 g/mol. The fourth-order valence-electron chi connectivity index (χ4n) is 3.81. The topological polar surface area (TPSA) is 69.6 Å². The van der Waals surface area contributed by atoms with E-state index in [1.54, 1.807) is 0 Å². The minimum absolute atomic E-state index is 0.0253. The third-order valence-corrected chi connectivity index (χ3v) is 5.22. The highest BCUT2D eigenvalue weighted by Gasteiger charge is 2.40. The molecule has 1 amide bonds. The Hall–Kier alpha value is -2.09. The van der Waals surface area contributed by atoms with Gasteiger partial charge >= 0.3 is 12.1 Å². The molecule has 1 aromatic rings. The SMILES string of the molecule is O=C(O)C1CCC(NC2CCN(c3ccccc3C(F)(F)F)C2=O)CC1. The summed E-state index contributed by atoms with van der Waals surface area (Å²) in [5.74, 6) is -1.50. The van der Waals surface area contributed by atoms with Crippen LogP contribution in [-0.2, 0) is 15.8 Å². The number of hydrogen-bond acceptors (Lipinski definition) is 3. The first-order valence-electron chi connectivity index (χ1n) is 8.74. The summed E-state index contributed by atoms with van der Waals surface area (Å²) >= 11 is 0. The lowest BCUT2D eigenvalue weighted by atomic mass is 9.86. The molecule has 1 atom stereocenters. The number of aliphatic carboxylic acids is 1. The molecule has 2 aliphatic rings. The first-order valence-corrected chi connectivity index (χ1v) is 8.74. The molecule has 2 N–H and O–H groups in total. The molecule has 0 radical (unpaired) electrons. The molecule has 1 aromatic carbocycles. The van der Waals surface area contributed by atoms with Crippen LogP contribution in [0.2, 0.25) is 0 Å². The maximum Gasteiger partial charge on any atom is 0.418 e. The minimum Gasteiger partial charge on any atom is -0.481 e. The van der Waals surface area contributed by atoms with Crippen LogP contribution in [0.25, 0.3) is 0 Å². The lowest BCUT2D eigenvalue weighted by Gasteiger charge is -2.29. The fraction of sp³-hybridized carbons (Fsp3) is 0.556. The van der Waals surface area contributed by atoms with Gasteiger partial charge in [0, 0.05) is 12.6 Å². The second-order valence-corrected chi connectivity index (χ2v) is 6.90. The number of halogens is 3. The molecule has 1 heterocycles. The smallest absolute Gasteiger partial charge is 0.418 e. The van der Waals surface area contributed by atoms with Gasteiger partial charge in [-0.25, -0.2) is 0 Å². The van der Waals surface area contributed by atoms with Crippen LogP contribution in [0, 0.1) is 5.92 Å². The molecule has 8 heteroatoms. The second-order valence-electron chi connectivity index (χ2n) is 6.90. The van der Waals surface area contributed by atoms with E-state index in [1.165, 1.54) is 23.1 Å². The highest BCUT2D eigenvalue weighted by Crippen LogP contribution is 2.38. The number of nitrogens with zero attached hydrogens (tertiary/aromatic N) is 1. The zero-order chi connectivity index (χ0) is 18.9. The van der Waals surface area contributed by atoms with Crippen LogP contribution in [0.4, 0.5) is 18.9 Å². The molecule has 0 spiro atoms. The van der Waals surface area contributed by atoms with E-state index in [4.69, 9.17) is 5.11 Å². The Morgan fingerprint density at radius 1 is 1.12 bits per heavy atom. The molecule has 142 valence electrons. The van der Waals surface area contributed by atoms with E-state index in [0.29, 0.717) is 32.1 Å². The Labute approximate surface area is 149 Å². The number of para-hydroxylation sites is 1. The number of hydrogen-bond donors (Lipinski definition) is 2. The van der Waals surface area contributed by atoms with Gasteiger partial charge in [-0.2, -0.15) is 13.2 Å². The zero-order valence-corrected chi connectivity index (χ0v) is 14.1. The van der Waals surface area contributed by atoms with Gasteiger partial charge in [0.2, 0.25) is 5.91 Å². The summed E-state index contributed by atoms with van der Waals surface area (Å²) in [4.78, 5) is 24.8. The molecule has 1 aliphatic carbocycles. The van der Waals surface area contributed by atoms with Crippen molar-refractivity contribution in [1.29, 1.82) is 0 Å². The lowest BCUT2D eigenvalue weighted by Crippen LogP contribution is -2.45. The van der Waals surface area contributed by atoms with Crippen LogP contribution in [0.1, 0.15) is 37.7 Å². The van der Waals surface area contributed by atoms with Crippen LogP contribution in [0.5, 0.6) is 0 Å². The standard InChI is InChI=1S/C18H21F3N2O3/c19-18(20,21)13-3-1-2-4-15(13)23-10-9-14(16(23)24)22-12-7-5-11(6-8-12)17(25)26/h1-4,11-12,14,22H,5-10H2,(H,25,26). The molecule has 1 saturated heterocycles. The Kier molecular flexibility index (Phi) is 5.22. The maximum atomic E-state index is 13.2. The lowest BCUT2D eigenvalue weighted by molar-refractivity contribution is -0.143. The Morgan fingerprint density at radius 2 is 1.77 bits per heavy atom. The van der Waals surface area contributed by atoms with Crippen LogP contribution < -0.4 is 10.2 Å². The van der Waals surface area contributed by atoms with Crippen molar-refractivity contribution in [3.63, 3.8) is 0 Å². The van der Waals surface area contributed by atoms with Crippen molar-refractivity contribution in [2.24, 2.45) is 5.92 Å². The number of carboxylic acid groups (broad SMARTS) is 1. The van der Waals surface area contributed by atoms with E-state index >= 15 is 0 Å². The van der Waals surface area contributed by atoms with Crippen molar-refractivity contribution in [3.05, 3.63) is 29.8 Å². The largest absolute Gasteiger partial charge is 0.481 e. The average Bonchev–Trinajstić information content (AvgIpc) is 2.95. The number of amides is 1. The van der Waals surface area contributed by atoms with Crippen LogP contribution >= 0.6 is 0 Å². The molecule has 0 aromatic heterocycles. The number of nitrogens with one attached hydrogen (secondary N) is 1. The van der Waals surface area contributed by atoms with Gasteiger partial charge in [0.05, 0.1) is 23.2 Å². The van der Waals surface area contributed by atoms with Gasteiger partial charge in [0.1, 0.15) is 0 Å². The number of anilines is 1. The third kappa shape index (κ3) is 3.85. The van der Waals surface area contributed by atoms with Crippen LogP contribution in [0.15, 0.2) is 24.3 Å². The van der Waals surface area contributed by atoms with E-state index in [9.17, 15) is 22.8 Å². The molecule has 1 aliphatic heterocycles. The number of carboxylic acids is 1. The van der Waals surface area contributed by atoms with Crippen molar-refractivity contribution >= 4 is 17.6 Å². The maximum absolute atomic E-state index is 13.2. The Morgan fingerprint density at radius 3 is 2.38 bits per heavy atom. The highest BCUT2D eigenvalue weighted by molar-refractivity contribution is 6.00. The summed E-state index contributed by atoms with van der Waals surface area (Å²) in [5.41, 5.74) is -0.917. The summed E-state index contributed by atoms with van der Waals surface area (Å²) in [5, 5.41) is 12.2. The molecule has 5 nitrogen and oxygen atoms in total. The third-order valence-electron chi connectivity index (χ3n) is 5.22. The predicted molar refractivity (Wildman–Crippen MR) is 88.7 cm³/mol. The monoisotopic (exact) mass is 370 g/mol. The van der Waals surface area contributed by atoms with Gasteiger partial charge in [0.25, 0.3) is 0 Å². The average molecular weight is 370 g/mol. The first kappa shape index (κ1) is 18.7. The summed E-state index contributed by atoms with van der Waals surface area (Å²) in [6.07, 6.45) is -1.68. The highest BCUT2D eigenvalue weighted by atomic mass is 19.4. The van der Waals surface area contributed by atoms with Gasteiger partial charge in [-0.1, -0.05) is 12.1 Å². The first-order chi connectivity index (χ1) is 12.3. The van der Waals surface area contributed by atoms with E-state index in [0.717, 1.165) is 6.07 Å². The molecule has 2 fully saturated rings. The Balaban J connectivity index is 1.65. The normalized spacial score (nSPS) is 27.0. The van der Waals surface area contributed by atoms with Crippen molar-refractivity contribution < 1.29 is 27.9 Å². The van der Waals surface area contributed by atoms with E-state index in [1.807, 2.05) is 0 Å². The van der Waals surface area contributed by atoms with Crippen LogP contribution in [0.3, 0.4) is 0 Å². The summed E-state index contributed by atoms with van der Waals surface area (Å²) < 4.78 is 39.6. The predicted octanol–water partition coefficient (Wildman–Crippen LogP) is 3.04. The minimum atomic E-state index is -4.52. The van der Waals surface area contributed by atoms with E-state index in [-0.39, 0.29) is 30.1 Å². The second kappa shape index (κ2) is 7.26.